The van der Waals surface area contributed by atoms with E-state index in [1.807, 2.05) is 6.92 Å². The summed E-state index contributed by atoms with van der Waals surface area (Å²) in [6.45, 7) is 4.03. The molecule has 0 aliphatic carbocycles. The van der Waals surface area contributed by atoms with Gasteiger partial charge in [0.2, 0.25) is 5.91 Å². The zero-order valence-electron chi connectivity index (χ0n) is 22.1. The van der Waals surface area contributed by atoms with E-state index in [4.69, 9.17) is 32.5 Å². The zero-order valence-corrected chi connectivity index (χ0v) is 23.6. The van der Waals surface area contributed by atoms with Crippen LogP contribution in [0.15, 0.2) is 65.2 Å². The van der Waals surface area contributed by atoms with Gasteiger partial charge in [-0.3, -0.25) is 4.79 Å². The number of ether oxygens (including phenoxy) is 1. The minimum absolute atomic E-state index is 0.103. The van der Waals surface area contributed by atoms with Gasteiger partial charge >= 0.3 is 5.97 Å². The van der Waals surface area contributed by atoms with Gasteiger partial charge in [0, 0.05) is 29.7 Å². The summed E-state index contributed by atoms with van der Waals surface area (Å²) in [6, 6.07) is 16.9. The van der Waals surface area contributed by atoms with Gasteiger partial charge in [-0.2, -0.15) is 0 Å². The fourth-order valence-corrected chi connectivity index (χ4v) is 4.81. The molecule has 1 aromatic heterocycles. The number of aromatic hydroxyl groups is 1. The zero-order chi connectivity index (χ0) is 28.6. The first-order chi connectivity index (χ1) is 19.3. The third-order valence-corrected chi connectivity index (χ3v) is 6.74. The minimum atomic E-state index is -0.439. The lowest BCUT2D eigenvalue weighted by molar-refractivity contribution is -0.116. The van der Waals surface area contributed by atoms with Crippen molar-refractivity contribution < 1.29 is 24.0 Å². The van der Waals surface area contributed by atoms with Crippen molar-refractivity contribution in [2.75, 3.05) is 17.2 Å². The fraction of sp³-hybridized carbons (Fsp3) is 0.233. The number of benzene rings is 3. The van der Waals surface area contributed by atoms with Gasteiger partial charge in [-0.15, -0.1) is 0 Å². The van der Waals surface area contributed by atoms with E-state index in [0.29, 0.717) is 56.8 Å². The molecule has 0 unspecified atom stereocenters. The fourth-order valence-electron chi connectivity index (χ4n) is 4.24. The molecule has 0 saturated carbocycles. The Morgan fingerprint density at radius 3 is 2.40 bits per heavy atom. The van der Waals surface area contributed by atoms with E-state index in [1.54, 1.807) is 67.6 Å². The molecule has 3 aromatic carbocycles. The van der Waals surface area contributed by atoms with Gasteiger partial charge in [0.1, 0.15) is 11.5 Å². The highest BCUT2D eigenvalue weighted by molar-refractivity contribution is 6.39. The molecule has 4 aromatic rings. The number of para-hydroxylation sites is 1. The van der Waals surface area contributed by atoms with Crippen molar-refractivity contribution in [3.05, 3.63) is 87.6 Å². The molecular weight excluding hydrogens is 553 g/mol. The van der Waals surface area contributed by atoms with Crippen LogP contribution in [0.5, 0.6) is 5.75 Å². The Morgan fingerprint density at radius 1 is 0.975 bits per heavy atom. The summed E-state index contributed by atoms with van der Waals surface area (Å²) in [5.41, 5.74) is 3.41. The molecular formula is C30H29Cl2N3O5. The number of hydrogen-bond acceptors (Lipinski definition) is 7. The molecule has 0 saturated heterocycles. The summed E-state index contributed by atoms with van der Waals surface area (Å²) in [4.78, 5) is 25.0. The first kappa shape index (κ1) is 29.0. The monoisotopic (exact) mass is 581 g/mol. The number of amides is 1. The second-order valence-corrected chi connectivity index (χ2v) is 9.77. The van der Waals surface area contributed by atoms with E-state index in [2.05, 4.69) is 15.8 Å². The van der Waals surface area contributed by atoms with Crippen LogP contribution in [0.3, 0.4) is 0 Å². The average molecular weight is 582 g/mol. The molecule has 0 aliphatic heterocycles. The summed E-state index contributed by atoms with van der Waals surface area (Å²) in [5.74, 6) is -0.208. The molecule has 0 bridgehead atoms. The third kappa shape index (κ3) is 6.76. The van der Waals surface area contributed by atoms with Crippen molar-refractivity contribution >= 4 is 52.1 Å². The van der Waals surface area contributed by atoms with Crippen molar-refractivity contribution in [2.45, 2.75) is 39.5 Å². The van der Waals surface area contributed by atoms with Crippen LogP contribution in [0.4, 0.5) is 17.1 Å². The van der Waals surface area contributed by atoms with Crippen molar-refractivity contribution in [1.82, 2.24) is 5.16 Å². The standard InChI is InChI=1S/C30H29Cl2N3O5/c1-3-8-25-20(28(35-40-25)27-21(31)11-6-12-22(27)32)15-16-26(36)34-24-14-7-13-23(29(24)37)33-19-10-5-9-18(17-19)30(38)39-4-2/h5-7,9-14,17,33,37H,3-4,8,15-16H2,1-2H3,(H,34,36). The smallest absolute Gasteiger partial charge is 0.338 e. The van der Waals surface area contributed by atoms with Crippen LogP contribution in [0, 0.1) is 0 Å². The number of aryl methyl sites for hydroxylation is 1. The topological polar surface area (TPSA) is 114 Å². The molecule has 1 heterocycles. The number of phenols is 1. The van der Waals surface area contributed by atoms with Gasteiger partial charge in [-0.25, -0.2) is 4.79 Å². The SMILES string of the molecule is CCCc1onc(-c2c(Cl)cccc2Cl)c1CCC(=O)Nc1cccc(Nc2cccc(C(=O)OCC)c2)c1O. The van der Waals surface area contributed by atoms with Crippen LogP contribution in [0.25, 0.3) is 11.3 Å². The third-order valence-electron chi connectivity index (χ3n) is 6.11. The summed E-state index contributed by atoms with van der Waals surface area (Å²) < 4.78 is 10.7. The number of phenolic OH excluding ortho intramolecular Hbond substituents is 1. The number of nitrogens with one attached hydrogen (secondary N) is 2. The van der Waals surface area contributed by atoms with Gasteiger partial charge < -0.3 is 25.0 Å². The Balaban J connectivity index is 1.49. The van der Waals surface area contributed by atoms with E-state index >= 15 is 0 Å². The maximum absolute atomic E-state index is 13.0. The van der Waals surface area contributed by atoms with Gasteiger partial charge in [0.25, 0.3) is 0 Å². The predicted molar refractivity (Wildman–Crippen MR) is 157 cm³/mol. The Bertz CT molecular complexity index is 1500. The molecule has 0 radical (unpaired) electrons. The minimum Gasteiger partial charge on any atom is -0.504 e. The molecule has 4 rings (SSSR count). The average Bonchev–Trinajstić information content (AvgIpc) is 3.32. The Morgan fingerprint density at radius 2 is 1.68 bits per heavy atom. The molecule has 0 atom stereocenters. The molecule has 208 valence electrons. The predicted octanol–water partition coefficient (Wildman–Crippen LogP) is 7.80. The lowest BCUT2D eigenvalue weighted by Gasteiger charge is -2.13. The van der Waals surface area contributed by atoms with Gasteiger partial charge in [0.05, 0.1) is 33.6 Å². The van der Waals surface area contributed by atoms with Gasteiger partial charge in [-0.1, -0.05) is 53.5 Å². The second-order valence-electron chi connectivity index (χ2n) is 8.96. The van der Waals surface area contributed by atoms with Crippen molar-refractivity contribution in [1.29, 1.82) is 0 Å². The normalized spacial score (nSPS) is 10.8. The number of hydrogen-bond donors (Lipinski definition) is 3. The molecule has 0 aliphatic rings. The van der Waals surface area contributed by atoms with Gasteiger partial charge in [0.15, 0.2) is 5.75 Å². The Hall–Kier alpha value is -4.01. The van der Waals surface area contributed by atoms with Crippen molar-refractivity contribution in [3.63, 3.8) is 0 Å². The summed E-state index contributed by atoms with van der Waals surface area (Å²) >= 11 is 12.8. The molecule has 0 spiro atoms. The first-order valence-electron chi connectivity index (χ1n) is 12.9. The van der Waals surface area contributed by atoms with Crippen LogP contribution >= 0.6 is 23.2 Å². The number of aromatic nitrogens is 1. The number of carbonyl (C=O) groups is 2. The molecule has 1 amide bonds. The highest BCUT2D eigenvalue weighted by atomic mass is 35.5. The number of carbonyl (C=O) groups excluding carboxylic acids is 2. The largest absolute Gasteiger partial charge is 0.504 e. The highest BCUT2D eigenvalue weighted by Gasteiger charge is 2.22. The number of halogens is 2. The van der Waals surface area contributed by atoms with Crippen molar-refractivity contribution in [2.24, 2.45) is 0 Å². The van der Waals surface area contributed by atoms with Crippen LogP contribution in [0.1, 0.15) is 48.4 Å². The lowest BCUT2D eigenvalue weighted by atomic mass is 10.00. The van der Waals surface area contributed by atoms with Crippen LogP contribution < -0.4 is 10.6 Å². The van der Waals surface area contributed by atoms with Crippen molar-refractivity contribution in [3.8, 4) is 17.0 Å². The molecule has 3 N–H and O–H groups in total. The lowest BCUT2D eigenvalue weighted by Crippen LogP contribution is -2.13. The molecule has 0 fully saturated rings. The molecule has 8 nitrogen and oxygen atoms in total. The van der Waals surface area contributed by atoms with Crippen LogP contribution in [0.2, 0.25) is 10.0 Å². The highest BCUT2D eigenvalue weighted by Crippen LogP contribution is 2.38. The van der Waals surface area contributed by atoms with E-state index in [-0.39, 0.29) is 30.4 Å². The maximum Gasteiger partial charge on any atom is 0.338 e. The van der Waals surface area contributed by atoms with E-state index in [9.17, 15) is 14.7 Å². The van der Waals surface area contributed by atoms with E-state index in [0.717, 1.165) is 12.0 Å². The quantitative estimate of drug-likeness (QED) is 0.122. The first-order valence-corrected chi connectivity index (χ1v) is 13.7. The summed E-state index contributed by atoms with van der Waals surface area (Å²) in [5, 5.41) is 21.8. The second kappa shape index (κ2) is 13.4. The Kier molecular flexibility index (Phi) is 9.69. The summed E-state index contributed by atoms with van der Waals surface area (Å²) in [6.07, 6.45) is 1.92. The summed E-state index contributed by atoms with van der Waals surface area (Å²) in [7, 11) is 0. The van der Waals surface area contributed by atoms with Gasteiger partial charge in [-0.05, 0) is 62.2 Å². The Labute approximate surface area is 242 Å². The number of esters is 1. The molecule has 10 heteroatoms. The molecule has 40 heavy (non-hydrogen) atoms. The van der Waals surface area contributed by atoms with E-state index < -0.39 is 5.97 Å². The number of rotatable bonds is 11. The maximum atomic E-state index is 13.0. The van der Waals surface area contributed by atoms with Crippen LogP contribution in [-0.2, 0) is 22.4 Å². The number of nitrogens with zero attached hydrogens (tertiary/aromatic N) is 1. The van der Waals surface area contributed by atoms with Crippen LogP contribution in [-0.4, -0.2) is 28.7 Å². The van der Waals surface area contributed by atoms with E-state index in [1.165, 1.54) is 0 Å². The number of anilines is 3.